The Hall–Kier alpha value is -1.22. The summed E-state index contributed by atoms with van der Waals surface area (Å²) in [5.74, 6) is 0. The molecule has 1 aromatic carbocycles. The Balaban J connectivity index is 2.86. The zero-order valence-corrected chi connectivity index (χ0v) is 13.9. The number of benzene rings is 1. The lowest BCUT2D eigenvalue weighted by Crippen LogP contribution is -2.27. The van der Waals surface area contributed by atoms with Crippen molar-refractivity contribution in [3.8, 4) is 0 Å². The molecule has 22 heavy (non-hydrogen) atoms. The summed E-state index contributed by atoms with van der Waals surface area (Å²) in [5.41, 5.74) is -0.787. The van der Waals surface area contributed by atoms with Gasteiger partial charge in [-0.05, 0) is 18.2 Å². The van der Waals surface area contributed by atoms with E-state index in [2.05, 4.69) is 4.98 Å². The maximum absolute atomic E-state index is 12.2. The molecule has 1 heterocycles. The first kappa shape index (κ1) is 17.1. The highest BCUT2D eigenvalue weighted by molar-refractivity contribution is 7.89. The number of sulfonamides is 1. The summed E-state index contributed by atoms with van der Waals surface area (Å²) in [7, 11) is -5.98. The summed E-state index contributed by atoms with van der Waals surface area (Å²) < 4.78 is 36.6. The molecule has 0 atom stereocenters. The van der Waals surface area contributed by atoms with Gasteiger partial charge in [0.05, 0.1) is 5.02 Å². The third-order valence-corrected chi connectivity index (χ3v) is 6.19. The second-order valence-corrected chi connectivity index (χ2v) is 8.78. The molecule has 0 aliphatic heterocycles. The van der Waals surface area contributed by atoms with Gasteiger partial charge in [0.1, 0.15) is 10.2 Å². The fourth-order valence-electron chi connectivity index (χ4n) is 1.81. The summed E-state index contributed by atoms with van der Waals surface area (Å²) in [6.45, 7) is 0. The van der Waals surface area contributed by atoms with Crippen LogP contribution in [0.25, 0.3) is 10.9 Å². The topological polar surface area (TPSA) is 128 Å². The van der Waals surface area contributed by atoms with E-state index in [1.807, 2.05) is 0 Å². The van der Waals surface area contributed by atoms with Gasteiger partial charge in [0.15, 0.2) is 0 Å². The largest absolute Gasteiger partial charge is 0.361 e. The van der Waals surface area contributed by atoms with Crippen LogP contribution in [0, 0.1) is 0 Å². The van der Waals surface area contributed by atoms with Gasteiger partial charge in [0, 0.05) is 25.0 Å². The van der Waals surface area contributed by atoms with Crippen LogP contribution in [0.5, 0.6) is 0 Å². The first-order chi connectivity index (χ1) is 9.94. The monoisotopic (exact) mass is 366 g/mol. The molecule has 2 rings (SSSR count). The summed E-state index contributed by atoms with van der Waals surface area (Å²) in [4.78, 5) is 32.0. The van der Waals surface area contributed by atoms with Crippen molar-refractivity contribution >= 4 is 45.4 Å². The molecule has 0 saturated heterocycles. The minimum Gasteiger partial charge on any atom is -0.321 e. The molecular weight excluding hydrogens is 355 g/mol. The van der Waals surface area contributed by atoms with Crippen LogP contribution in [0.1, 0.15) is 0 Å². The number of nitrogens with zero attached hydrogens (tertiary/aromatic N) is 1. The zero-order valence-electron chi connectivity index (χ0n) is 11.4. The maximum Gasteiger partial charge on any atom is 0.361 e. The quantitative estimate of drug-likeness (QED) is 0.667. The molecule has 11 heteroatoms. The van der Waals surface area contributed by atoms with E-state index in [9.17, 15) is 17.8 Å². The van der Waals surface area contributed by atoms with Crippen molar-refractivity contribution in [2.45, 2.75) is 4.90 Å². The first-order valence-electron chi connectivity index (χ1n) is 5.80. The van der Waals surface area contributed by atoms with Gasteiger partial charge in [0.2, 0.25) is 10.0 Å². The molecule has 0 fully saturated rings. The Bertz CT molecular complexity index is 962. The van der Waals surface area contributed by atoms with Crippen LogP contribution in [0.2, 0.25) is 5.02 Å². The lowest BCUT2D eigenvalue weighted by molar-refractivity contribution is 0.387. The number of nitrogens with one attached hydrogen (secondary N) is 1. The summed E-state index contributed by atoms with van der Waals surface area (Å²) >= 11 is 5.93. The predicted octanol–water partition coefficient (Wildman–Crippen LogP) is 0.235. The minimum absolute atomic E-state index is 0.110. The first-order valence-corrected chi connectivity index (χ1v) is 9.23. The normalized spacial score (nSPS) is 13.0. The van der Waals surface area contributed by atoms with Crippen molar-refractivity contribution in [1.82, 2.24) is 9.29 Å². The molecule has 3 N–H and O–H groups in total. The molecule has 2 aromatic rings. The van der Waals surface area contributed by atoms with Crippen LogP contribution in [0.15, 0.2) is 27.9 Å². The molecule has 0 saturated carbocycles. The van der Waals surface area contributed by atoms with E-state index < -0.39 is 28.5 Å². The van der Waals surface area contributed by atoms with E-state index in [0.29, 0.717) is 0 Å². The smallest absolute Gasteiger partial charge is 0.321 e. The zero-order chi connectivity index (χ0) is 16.9. The van der Waals surface area contributed by atoms with Gasteiger partial charge in [-0.1, -0.05) is 11.6 Å². The number of halogens is 1. The minimum atomic E-state index is -4.78. The van der Waals surface area contributed by atoms with E-state index in [1.165, 1.54) is 20.2 Å². The van der Waals surface area contributed by atoms with Crippen molar-refractivity contribution in [3.63, 3.8) is 0 Å². The van der Waals surface area contributed by atoms with Crippen LogP contribution in [-0.4, -0.2) is 41.6 Å². The van der Waals surface area contributed by atoms with Crippen LogP contribution < -0.4 is 10.9 Å². The molecule has 120 valence electrons. The second kappa shape index (κ2) is 5.45. The van der Waals surface area contributed by atoms with Crippen LogP contribution in [0.3, 0.4) is 0 Å². The molecule has 0 bridgehead atoms. The average Bonchev–Trinajstić information content (AvgIpc) is 2.35. The Morgan fingerprint density at radius 3 is 2.32 bits per heavy atom. The van der Waals surface area contributed by atoms with Gasteiger partial charge in [0.25, 0.3) is 5.56 Å². The van der Waals surface area contributed by atoms with Crippen LogP contribution in [0.4, 0.5) is 0 Å². The van der Waals surface area contributed by atoms with Gasteiger partial charge < -0.3 is 14.8 Å². The Morgan fingerprint density at radius 1 is 1.23 bits per heavy atom. The third kappa shape index (κ3) is 2.96. The van der Waals surface area contributed by atoms with Crippen LogP contribution in [-0.2, 0) is 14.6 Å². The van der Waals surface area contributed by atoms with Gasteiger partial charge in [-0.25, -0.2) is 12.7 Å². The number of pyridine rings is 1. The van der Waals surface area contributed by atoms with Gasteiger partial charge in [-0.15, -0.1) is 0 Å². The third-order valence-electron chi connectivity index (χ3n) is 2.95. The summed E-state index contributed by atoms with van der Waals surface area (Å²) in [6, 6.07) is 3.33. The number of rotatable bonds is 3. The Labute approximate surface area is 130 Å². The SMILES string of the molecule is CN(C)S(=O)(=O)c1cc2cc(P(=O)(O)O)c(=O)[nH]c2cc1Cl. The number of aromatic nitrogens is 1. The number of fused-ring (bicyclic) bond motifs is 1. The predicted molar refractivity (Wildman–Crippen MR) is 82.1 cm³/mol. The lowest BCUT2D eigenvalue weighted by atomic mass is 10.2. The molecule has 8 nitrogen and oxygen atoms in total. The molecule has 0 spiro atoms. The molecule has 0 aliphatic carbocycles. The summed E-state index contributed by atoms with van der Waals surface area (Å²) in [5, 5.41) is -0.709. The highest BCUT2D eigenvalue weighted by Gasteiger charge is 2.25. The highest BCUT2D eigenvalue weighted by atomic mass is 35.5. The van der Waals surface area contributed by atoms with Crippen molar-refractivity contribution in [1.29, 1.82) is 0 Å². The standard InChI is InChI=1S/C11H12ClN2O6PS/c1-14(2)22(19,20)10-4-6-3-9(21(16,17)18)11(15)13-8(6)5-7(10)12/h3-5H,1-2H3,(H,13,15)(H2,16,17,18). The number of hydrogen-bond donors (Lipinski definition) is 3. The molecule has 0 aliphatic rings. The Kier molecular flexibility index (Phi) is 4.25. The fourth-order valence-corrected chi connectivity index (χ4v) is 3.87. The van der Waals surface area contributed by atoms with Gasteiger partial charge in [-0.3, -0.25) is 9.36 Å². The maximum atomic E-state index is 12.2. The van der Waals surface area contributed by atoms with E-state index in [0.717, 1.165) is 16.4 Å². The van der Waals surface area contributed by atoms with Crippen LogP contribution >= 0.6 is 19.2 Å². The van der Waals surface area contributed by atoms with E-state index in [1.54, 1.807) is 0 Å². The van der Waals surface area contributed by atoms with Crippen molar-refractivity contribution in [2.24, 2.45) is 0 Å². The lowest BCUT2D eigenvalue weighted by Gasteiger charge is -2.14. The van der Waals surface area contributed by atoms with Crippen molar-refractivity contribution in [3.05, 3.63) is 33.6 Å². The van der Waals surface area contributed by atoms with Crippen molar-refractivity contribution < 1.29 is 22.8 Å². The molecular formula is C11H12ClN2O6PS. The number of hydrogen-bond acceptors (Lipinski definition) is 4. The molecule has 1 aromatic heterocycles. The van der Waals surface area contributed by atoms with E-state index in [4.69, 9.17) is 21.4 Å². The van der Waals surface area contributed by atoms with Gasteiger partial charge >= 0.3 is 7.60 Å². The molecule has 0 amide bonds. The highest BCUT2D eigenvalue weighted by Crippen LogP contribution is 2.33. The molecule has 0 radical (unpaired) electrons. The average molecular weight is 367 g/mol. The van der Waals surface area contributed by atoms with E-state index in [-0.39, 0.29) is 20.8 Å². The molecule has 0 unspecified atom stereocenters. The van der Waals surface area contributed by atoms with E-state index >= 15 is 0 Å². The van der Waals surface area contributed by atoms with Crippen molar-refractivity contribution in [2.75, 3.05) is 14.1 Å². The van der Waals surface area contributed by atoms with Gasteiger partial charge in [-0.2, -0.15) is 0 Å². The second-order valence-electron chi connectivity index (χ2n) is 4.69. The Morgan fingerprint density at radius 2 is 1.82 bits per heavy atom. The number of aromatic amines is 1. The summed E-state index contributed by atoms with van der Waals surface area (Å²) in [6.07, 6.45) is 0. The fraction of sp³-hybridized carbons (Fsp3) is 0.182. The number of H-pyrrole nitrogens is 1.